The SMILES string of the molecule is Cc1cc(Cl)c(-n2c(C3CC3)n[nH]c2=S)cc1Cl. The molecule has 1 N–H and O–H groups in total. The van der Waals surface area contributed by atoms with Crippen molar-refractivity contribution in [3.8, 4) is 5.69 Å². The Labute approximate surface area is 120 Å². The highest BCUT2D eigenvalue weighted by atomic mass is 35.5. The molecule has 0 bridgehead atoms. The lowest BCUT2D eigenvalue weighted by Crippen LogP contribution is -2.01. The van der Waals surface area contributed by atoms with E-state index in [1.54, 1.807) is 0 Å². The number of aromatic nitrogens is 3. The first-order chi connectivity index (χ1) is 8.58. The monoisotopic (exact) mass is 299 g/mol. The van der Waals surface area contributed by atoms with E-state index in [0.717, 1.165) is 29.9 Å². The van der Waals surface area contributed by atoms with Crippen molar-refractivity contribution in [2.45, 2.75) is 25.7 Å². The zero-order valence-electron chi connectivity index (χ0n) is 9.70. The molecule has 1 aromatic carbocycles. The lowest BCUT2D eigenvalue weighted by molar-refractivity contribution is 0.868. The molecule has 94 valence electrons. The topological polar surface area (TPSA) is 33.6 Å². The van der Waals surface area contributed by atoms with Crippen LogP contribution in [0.1, 0.15) is 30.1 Å². The lowest BCUT2D eigenvalue weighted by atomic mass is 10.2. The van der Waals surface area contributed by atoms with Crippen LogP contribution >= 0.6 is 35.4 Å². The molecular weight excluding hydrogens is 289 g/mol. The first kappa shape index (κ1) is 12.2. The zero-order valence-corrected chi connectivity index (χ0v) is 12.0. The van der Waals surface area contributed by atoms with E-state index in [-0.39, 0.29) is 0 Å². The van der Waals surface area contributed by atoms with Gasteiger partial charge < -0.3 is 0 Å². The second-order valence-electron chi connectivity index (χ2n) is 4.55. The number of nitrogens with zero attached hydrogens (tertiary/aromatic N) is 2. The van der Waals surface area contributed by atoms with Crippen molar-refractivity contribution in [1.82, 2.24) is 14.8 Å². The van der Waals surface area contributed by atoms with Gasteiger partial charge in [0.15, 0.2) is 4.77 Å². The largest absolute Gasteiger partial charge is 0.270 e. The van der Waals surface area contributed by atoms with E-state index >= 15 is 0 Å². The van der Waals surface area contributed by atoms with Gasteiger partial charge in [0, 0.05) is 10.9 Å². The maximum atomic E-state index is 6.29. The molecule has 3 nitrogen and oxygen atoms in total. The first-order valence-electron chi connectivity index (χ1n) is 5.71. The van der Waals surface area contributed by atoms with E-state index in [1.165, 1.54) is 0 Å². The summed E-state index contributed by atoms with van der Waals surface area (Å²) >= 11 is 17.7. The quantitative estimate of drug-likeness (QED) is 0.833. The Morgan fingerprint density at radius 2 is 2.06 bits per heavy atom. The van der Waals surface area contributed by atoms with Gasteiger partial charge in [-0.15, -0.1) is 0 Å². The number of aryl methyl sites for hydroxylation is 1. The molecule has 0 unspecified atom stereocenters. The molecule has 3 rings (SSSR count). The molecule has 0 amide bonds. The Bertz CT molecular complexity index is 670. The van der Waals surface area contributed by atoms with Gasteiger partial charge in [-0.05, 0) is 49.7 Å². The molecule has 1 heterocycles. The molecule has 0 spiro atoms. The van der Waals surface area contributed by atoms with Gasteiger partial charge in [0.1, 0.15) is 5.82 Å². The smallest absolute Gasteiger partial charge is 0.199 e. The molecule has 1 aliphatic carbocycles. The maximum Gasteiger partial charge on any atom is 0.199 e. The number of aromatic amines is 1. The van der Waals surface area contributed by atoms with Gasteiger partial charge in [-0.25, -0.2) is 0 Å². The second-order valence-corrected chi connectivity index (χ2v) is 5.75. The van der Waals surface area contributed by atoms with Crippen molar-refractivity contribution < 1.29 is 0 Å². The lowest BCUT2D eigenvalue weighted by Gasteiger charge is -2.10. The summed E-state index contributed by atoms with van der Waals surface area (Å²) < 4.78 is 2.44. The van der Waals surface area contributed by atoms with Gasteiger partial charge in [0.2, 0.25) is 0 Å². The van der Waals surface area contributed by atoms with E-state index in [1.807, 2.05) is 23.6 Å². The Kier molecular flexibility index (Phi) is 2.96. The highest BCUT2D eigenvalue weighted by molar-refractivity contribution is 7.71. The number of rotatable bonds is 2. The van der Waals surface area contributed by atoms with Gasteiger partial charge in [-0.2, -0.15) is 5.10 Å². The predicted octanol–water partition coefficient (Wildman–Crippen LogP) is 4.42. The summed E-state index contributed by atoms with van der Waals surface area (Å²) in [6.45, 7) is 1.93. The summed E-state index contributed by atoms with van der Waals surface area (Å²) in [4.78, 5) is 0. The molecule has 6 heteroatoms. The fraction of sp³-hybridized carbons (Fsp3) is 0.333. The van der Waals surface area contributed by atoms with E-state index in [9.17, 15) is 0 Å². The highest BCUT2D eigenvalue weighted by Crippen LogP contribution is 2.40. The van der Waals surface area contributed by atoms with Crippen molar-refractivity contribution in [1.29, 1.82) is 0 Å². The van der Waals surface area contributed by atoms with Gasteiger partial charge in [-0.1, -0.05) is 23.2 Å². The Morgan fingerprint density at radius 3 is 2.72 bits per heavy atom. The zero-order chi connectivity index (χ0) is 12.9. The summed E-state index contributed by atoms with van der Waals surface area (Å²) in [5.74, 6) is 1.43. The maximum absolute atomic E-state index is 6.29. The number of hydrogen-bond donors (Lipinski definition) is 1. The predicted molar refractivity (Wildman–Crippen MR) is 75.5 cm³/mol. The third kappa shape index (κ3) is 1.98. The van der Waals surface area contributed by atoms with E-state index < -0.39 is 0 Å². The minimum absolute atomic E-state index is 0.481. The van der Waals surface area contributed by atoms with Crippen molar-refractivity contribution >= 4 is 35.4 Å². The van der Waals surface area contributed by atoms with Gasteiger partial charge in [0.25, 0.3) is 0 Å². The average molecular weight is 300 g/mol. The van der Waals surface area contributed by atoms with E-state index in [4.69, 9.17) is 35.4 Å². The summed E-state index contributed by atoms with van der Waals surface area (Å²) in [5, 5.41) is 8.44. The van der Waals surface area contributed by atoms with Crippen LogP contribution in [0.4, 0.5) is 0 Å². The Morgan fingerprint density at radius 1 is 1.33 bits per heavy atom. The summed E-state index contributed by atoms with van der Waals surface area (Å²) in [6, 6.07) is 3.70. The van der Waals surface area contributed by atoms with Crippen LogP contribution in [0.2, 0.25) is 10.0 Å². The molecule has 0 radical (unpaired) electrons. The third-order valence-electron chi connectivity index (χ3n) is 3.11. The molecule has 18 heavy (non-hydrogen) atoms. The van der Waals surface area contributed by atoms with Gasteiger partial charge in [-0.3, -0.25) is 9.67 Å². The normalized spacial score (nSPS) is 15.1. The molecule has 1 saturated carbocycles. The Hall–Kier alpha value is -0.840. The van der Waals surface area contributed by atoms with Crippen LogP contribution in [-0.2, 0) is 0 Å². The molecule has 2 aromatic rings. The van der Waals surface area contributed by atoms with Crippen LogP contribution in [0.3, 0.4) is 0 Å². The first-order valence-corrected chi connectivity index (χ1v) is 6.87. The number of hydrogen-bond acceptors (Lipinski definition) is 2. The number of halogens is 2. The molecule has 0 atom stereocenters. The minimum atomic E-state index is 0.481. The highest BCUT2D eigenvalue weighted by Gasteiger charge is 2.30. The number of H-pyrrole nitrogens is 1. The standard InChI is InChI=1S/C12H11Cl2N3S/c1-6-4-9(14)10(5-8(6)13)17-11(7-2-3-7)15-16-12(17)18/h4-5,7H,2-3H2,1H3,(H,16,18). The molecule has 0 aliphatic heterocycles. The van der Waals surface area contributed by atoms with Gasteiger partial charge >= 0.3 is 0 Å². The van der Waals surface area contributed by atoms with Crippen molar-refractivity contribution in [2.24, 2.45) is 0 Å². The van der Waals surface area contributed by atoms with Crippen LogP contribution in [0.5, 0.6) is 0 Å². The molecule has 0 saturated heterocycles. The minimum Gasteiger partial charge on any atom is -0.270 e. The summed E-state index contributed by atoms with van der Waals surface area (Å²) in [5.41, 5.74) is 1.75. The van der Waals surface area contributed by atoms with Crippen molar-refractivity contribution in [3.63, 3.8) is 0 Å². The van der Waals surface area contributed by atoms with Crippen molar-refractivity contribution in [3.05, 3.63) is 38.3 Å². The number of nitrogens with one attached hydrogen (secondary N) is 1. The van der Waals surface area contributed by atoms with Crippen LogP contribution in [-0.4, -0.2) is 14.8 Å². The van der Waals surface area contributed by atoms with E-state index in [2.05, 4.69) is 10.2 Å². The Balaban J connectivity index is 2.23. The molecule has 1 aromatic heterocycles. The number of benzene rings is 1. The summed E-state index contributed by atoms with van der Waals surface area (Å²) in [7, 11) is 0. The fourth-order valence-corrected chi connectivity index (χ4v) is 2.66. The van der Waals surface area contributed by atoms with Crippen LogP contribution in [0.15, 0.2) is 12.1 Å². The third-order valence-corrected chi connectivity index (χ3v) is 4.09. The van der Waals surface area contributed by atoms with Crippen LogP contribution in [0, 0.1) is 11.7 Å². The van der Waals surface area contributed by atoms with Crippen LogP contribution < -0.4 is 0 Å². The van der Waals surface area contributed by atoms with Crippen molar-refractivity contribution in [2.75, 3.05) is 0 Å². The molecular formula is C12H11Cl2N3S. The summed E-state index contributed by atoms with van der Waals surface area (Å²) in [6.07, 6.45) is 2.30. The second kappa shape index (κ2) is 4.37. The molecule has 1 fully saturated rings. The van der Waals surface area contributed by atoms with Crippen LogP contribution in [0.25, 0.3) is 5.69 Å². The fourth-order valence-electron chi connectivity index (χ4n) is 1.96. The average Bonchev–Trinajstić information content (AvgIpc) is 3.09. The van der Waals surface area contributed by atoms with Gasteiger partial charge in [0.05, 0.1) is 10.7 Å². The molecule has 1 aliphatic rings. The van der Waals surface area contributed by atoms with E-state index in [0.29, 0.717) is 20.7 Å².